The van der Waals surface area contributed by atoms with Crippen LogP contribution in [-0.4, -0.2) is 50.3 Å². The van der Waals surface area contributed by atoms with Gasteiger partial charge in [0.15, 0.2) is 22.7 Å². The first-order valence-corrected chi connectivity index (χ1v) is 8.80. The normalized spacial score (nSPS) is 14.7. The fourth-order valence-electron chi connectivity index (χ4n) is 3.06. The minimum atomic E-state index is -4.84. The molecule has 0 aliphatic carbocycles. The Hall–Kier alpha value is -3.44. The number of aryl methyl sites for hydroxylation is 1. The molecule has 1 aromatic carbocycles. The Kier molecular flexibility index (Phi) is 4.68. The second kappa shape index (κ2) is 7.18. The topological polar surface area (TPSA) is 98.1 Å². The van der Waals surface area contributed by atoms with Crippen LogP contribution in [0.3, 0.4) is 0 Å². The van der Waals surface area contributed by atoms with Crippen molar-refractivity contribution in [3.63, 3.8) is 0 Å². The molecule has 9 nitrogen and oxygen atoms in total. The number of nitrogens with one attached hydrogen (secondary N) is 1. The minimum absolute atomic E-state index is 0.0383. The summed E-state index contributed by atoms with van der Waals surface area (Å²) in [6.45, 7) is 3.22. The summed E-state index contributed by atoms with van der Waals surface area (Å²) in [6.07, 6.45) is -3.44. The van der Waals surface area contributed by atoms with Crippen molar-refractivity contribution in [2.24, 2.45) is 5.92 Å². The number of aromatic nitrogens is 5. The smallest absolute Gasteiger partial charge is 0.404 e. The first-order valence-electron chi connectivity index (χ1n) is 8.80. The third-order valence-corrected chi connectivity index (χ3v) is 4.50. The zero-order valence-electron chi connectivity index (χ0n) is 15.2. The SMILES string of the molecule is CCn1nnc2c(N3CC(C(=O)Nc4ccccc4OC(F)(F)F)C3)ncnc21. The van der Waals surface area contributed by atoms with E-state index in [2.05, 4.69) is 30.3 Å². The number of carbonyl (C=O) groups is 1. The summed E-state index contributed by atoms with van der Waals surface area (Å²) < 4.78 is 43.2. The zero-order chi connectivity index (χ0) is 20.6. The maximum atomic E-state index is 12.5. The van der Waals surface area contributed by atoms with E-state index in [0.29, 0.717) is 36.6 Å². The van der Waals surface area contributed by atoms with Crippen LogP contribution in [0.25, 0.3) is 11.2 Å². The van der Waals surface area contributed by atoms with Gasteiger partial charge in [-0.3, -0.25) is 4.79 Å². The monoisotopic (exact) mass is 407 g/mol. The van der Waals surface area contributed by atoms with E-state index in [4.69, 9.17) is 0 Å². The number of amides is 1. The van der Waals surface area contributed by atoms with Gasteiger partial charge in [0.25, 0.3) is 0 Å². The molecule has 152 valence electrons. The molecule has 0 unspecified atom stereocenters. The van der Waals surface area contributed by atoms with E-state index >= 15 is 0 Å². The first kappa shape index (κ1) is 18.9. The molecule has 4 rings (SSSR count). The number of nitrogens with zero attached hydrogens (tertiary/aromatic N) is 6. The van der Waals surface area contributed by atoms with Gasteiger partial charge in [0.1, 0.15) is 6.33 Å². The van der Waals surface area contributed by atoms with Crippen LogP contribution in [0.15, 0.2) is 30.6 Å². The van der Waals surface area contributed by atoms with Crippen molar-refractivity contribution in [3.05, 3.63) is 30.6 Å². The molecule has 1 aliphatic heterocycles. The Balaban J connectivity index is 1.44. The number of ether oxygens (including phenoxy) is 1. The lowest BCUT2D eigenvalue weighted by Crippen LogP contribution is -2.52. The van der Waals surface area contributed by atoms with Crippen LogP contribution in [-0.2, 0) is 11.3 Å². The number of para-hydroxylation sites is 2. The van der Waals surface area contributed by atoms with E-state index in [0.717, 1.165) is 6.07 Å². The minimum Gasteiger partial charge on any atom is -0.404 e. The third kappa shape index (κ3) is 3.77. The van der Waals surface area contributed by atoms with Gasteiger partial charge in [0.05, 0.1) is 11.6 Å². The van der Waals surface area contributed by atoms with E-state index in [1.165, 1.54) is 24.5 Å². The van der Waals surface area contributed by atoms with Gasteiger partial charge in [0, 0.05) is 19.6 Å². The average Bonchev–Trinajstić information content (AvgIpc) is 3.05. The Bertz CT molecular complexity index is 1050. The molecule has 3 heterocycles. The van der Waals surface area contributed by atoms with Crippen molar-refractivity contribution >= 4 is 28.6 Å². The summed E-state index contributed by atoms with van der Waals surface area (Å²) in [5.41, 5.74) is 1.10. The summed E-state index contributed by atoms with van der Waals surface area (Å²) in [4.78, 5) is 22.7. The van der Waals surface area contributed by atoms with Crippen LogP contribution in [0.2, 0.25) is 0 Å². The average molecular weight is 407 g/mol. The van der Waals surface area contributed by atoms with Crippen molar-refractivity contribution in [1.82, 2.24) is 25.0 Å². The van der Waals surface area contributed by atoms with E-state index < -0.39 is 23.9 Å². The Morgan fingerprint density at radius 1 is 1.28 bits per heavy atom. The molecule has 2 aromatic heterocycles. The van der Waals surface area contributed by atoms with Gasteiger partial charge in [-0.15, -0.1) is 18.3 Å². The number of hydrogen-bond acceptors (Lipinski definition) is 7. The molecular formula is C17H16F3N7O2. The molecule has 0 saturated carbocycles. The third-order valence-electron chi connectivity index (χ3n) is 4.50. The zero-order valence-corrected chi connectivity index (χ0v) is 15.2. The molecule has 1 fully saturated rings. The lowest BCUT2D eigenvalue weighted by Gasteiger charge is -2.38. The molecule has 0 radical (unpaired) electrons. The number of carbonyl (C=O) groups excluding carboxylic acids is 1. The van der Waals surface area contributed by atoms with Crippen molar-refractivity contribution in [2.45, 2.75) is 19.8 Å². The number of anilines is 2. The second-order valence-electron chi connectivity index (χ2n) is 6.41. The highest BCUT2D eigenvalue weighted by Gasteiger charge is 2.36. The van der Waals surface area contributed by atoms with E-state index in [-0.39, 0.29) is 5.69 Å². The maximum Gasteiger partial charge on any atom is 0.573 e. The number of rotatable bonds is 5. The predicted octanol–water partition coefficient (Wildman–Crippen LogP) is 2.21. The van der Waals surface area contributed by atoms with Crippen LogP contribution in [0.4, 0.5) is 24.7 Å². The summed E-state index contributed by atoms with van der Waals surface area (Å²) >= 11 is 0. The van der Waals surface area contributed by atoms with Gasteiger partial charge < -0.3 is 15.0 Å². The maximum absolute atomic E-state index is 12.5. The summed E-state index contributed by atoms with van der Waals surface area (Å²) in [7, 11) is 0. The van der Waals surface area contributed by atoms with Gasteiger partial charge in [0.2, 0.25) is 5.91 Å². The molecule has 1 N–H and O–H groups in total. The molecule has 0 spiro atoms. The van der Waals surface area contributed by atoms with Crippen LogP contribution >= 0.6 is 0 Å². The lowest BCUT2D eigenvalue weighted by atomic mass is 9.99. The van der Waals surface area contributed by atoms with Crippen molar-refractivity contribution in [2.75, 3.05) is 23.3 Å². The molecule has 12 heteroatoms. The Morgan fingerprint density at radius 2 is 2.03 bits per heavy atom. The number of benzene rings is 1. The lowest BCUT2D eigenvalue weighted by molar-refractivity contribution is -0.274. The molecule has 3 aromatic rings. The molecule has 1 amide bonds. The highest BCUT2D eigenvalue weighted by atomic mass is 19.4. The quantitative estimate of drug-likeness (QED) is 0.693. The van der Waals surface area contributed by atoms with E-state index in [1.54, 1.807) is 4.68 Å². The highest BCUT2D eigenvalue weighted by molar-refractivity contribution is 5.96. The van der Waals surface area contributed by atoms with Gasteiger partial charge in [-0.1, -0.05) is 17.3 Å². The molecular weight excluding hydrogens is 391 g/mol. The Morgan fingerprint density at radius 3 is 2.76 bits per heavy atom. The van der Waals surface area contributed by atoms with Gasteiger partial charge in [-0.25, -0.2) is 14.6 Å². The fraction of sp³-hybridized carbons (Fsp3) is 0.353. The fourth-order valence-corrected chi connectivity index (χ4v) is 3.06. The van der Waals surface area contributed by atoms with Crippen molar-refractivity contribution in [3.8, 4) is 5.75 Å². The Labute approximate surface area is 162 Å². The molecule has 0 atom stereocenters. The van der Waals surface area contributed by atoms with Gasteiger partial charge >= 0.3 is 6.36 Å². The number of fused-ring (bicyclic) bond motifs is 1. The largest absolute Gasteiger partial charge is 0.573 e. The van der Waals surface area contributed by atoms with Crippen LogP contribution in [0, 0.1) is 5.92 Å². The standard InChI is InChI=1S/C17H16F3N7O2/c1-2-27-15-13(24-25-27)14(21-9-22-15)26-7-10(8-26)16(28)23-11-5-3-4-6-12(11)29-17(18,19)20/h3-6,9-10H,2,7-8H2,1H3,(H,23,28). The summed E-state index contributed by atoms with van der Waals surface area (Å²) in [6, 6.07) is 5.41. The molecule has 1 saturated heterocycles. The predicted molar refractivity (Wildman–Crippen MR) is 96.2 cm³/mol. The van der Waals surface area contributed by atoms with Crippen LogP contribution in [0.1, 0.15) is 6.92 Å². The van der Waals surface area contributed by atoms with Crippen LogP contribution in [0.5, 0.6) is 5.75 Å². The van der Waals surface area contributed by atoms with E-state index in [9.17, 15) is 18.0 Å². The van der Waals surface area contributed by atoms with Crippen LogP contribution < -0.4 is 15.0 Å². The van der Waals surface area contributed by atoms with Crippen molar-refractivity contribution in [1.29, 1.82) is 0 Å². The van der Waals surface area contributed by atoms with Crippen molar-refractivity contribution < 1.29 is 22.7 Å². The van der Waals surface area contributed by atoms with Gasteiger partial charge in [-0.2, -0.15) is 0 Å². The number of halogens is 3. The first-order chi connectivity index (χ1) is 13.9. The van der Waals surface area contributed by atoms with Gasteiger partial charge in [-0.05, 0) is 19.1 Å². The van der Waals surface area contributed by atoms with E-state index in [1.807, 2.05) is 11.8 Å². The highest BCUT2D eigenvalue weighted by Crippen LogP contribution is 2.32. The molecule has 0 bridgehead atoms. The number of alkyl halides is 3. The summed E-state index contributed by atoms with van der Waals surface area (Å²) in [5.74, 6) is -0.708. The number of hydrogen-bond donors (Lipinski definition) is 1. The second-order valence-corrected chi connectivity index (χ2v) is 6.41. The summed E-state index contributed by atoms with van der Waals surface area (Å²) in [5, 5.41) is 10.6. The molecule has 1 aliphatic rings. The molecule has 29 heavy (non-hydrogen) atoms.